The third-order valence-corrected chi connectivity index (χ3v) is 6.71. The number of aryl methyl sites for hydroxylation is 1. The van der Waals surface area contributed by atoms with Gasteiger partial charge in [-0.2, -0.15) is 0 Å². The van der Waals surface area contributed by atoms with Gasteiger partial charge in [0.15, 0.2) is 5.13 Å². The number of thiazole rings is 1. The molecule has 37 heavy (non-hydrogen) atoms. The Hall–Kier alpha value is -4.24. The van der Waals surface area contributed by atoms with Crippen molar-refractivity contribution < 1.29 is 29.0 Å². The van der Waals surface area contributed by atoms with Gasteiger partial charge in [-0.15, -0.1) is 0 Å². The van der Waals surface area contributed by atoms with E-state index in [9.17, 15) is 19.5 Å². The fraction of sp³-hybridized carbons (Fsp3) is 0.214. The van der Waals surface area contributed by atoms with Crippen molar-refractivity contribution in [3.8, 4) is 5.75 Å². The largest absolute Gasteiger partial charge is 0.507 e. The number of nitrogens with zero attached hydrogens (tertiary/aromatic N) is 2. The monoisotopic (exact) mass is 518 g/mol. The highest BCUT2D eigenvalue weighted by Gasteiger charge is 2.48. The topological polar surface area (TPSA) is 106 Å². The summed E-state index contributed by atoms with van der Waals surface area (Å²) in [4.78, 5) is 45.0. The fourth-order valence-corrected chi connectivity index (χ4v) is 4.96. The van der Waals surface area contributed by atoms with Gasteiger partial charge in [0.25, 0.3) is 5.78 Å². The zero-order chi connectivity index (χ0) is 26.7. The molecule has 1 amide bonds. The molecule has 1 N–H and O–H groups in total. The maximum atomic E-state index is 13.3. The van der Waals surface area contributed by atoms with E-state index < -0.39 is 23.7 Å². The van der Waals surface area contributed by atoms with Crippen LogP contribution < -0.4 is 9.64 Å². The second kappa shape index (κ2) is 10.8. The van der Waals surface area contributed by atoms with Crippen LogP contribution in [0.5, 0.6) is 5.75 Å². The van der Waals surface area contributed by atoms with E-state index in [-0.39, 0.29) is 34.1 Å². The van der Waals surface area contributed by atoms with Crippen LogP contribution in [0.3, 0.4) is 0 Å². The maximum Gasteiger partial charge on any atom is 0.350 e. The average Bonchev–Trinajstić information content (AvgIpc) is 3.39. The van der Waals surface area contributed by atoms with Crippen molar-refractivity contribution >= 4 is 39.9 Å². The molecule has 0 saturated carbocycles. The summed E-state index contributed by atoms with van der Waals surface area (Å²) in [5.74, 6) is -2.00. The molecular weight excluding hydrogens is 492 g/mol. The molecule has 9 heteroatoms. The summed E-state index contributed by atoms with van der Waals surface area (Å²) >= 11 is 0.949. The molecule has 1 aromatic heterocycles. The van der Waals surface area contributed by atoms with Crippen molar-refractivity contribution in [3.63, 3.8) is 0 Å². The van der Waals surface area contributed by atoms with Crippen LogP contribution in [0.4, 0.5) is 5.13 Å². The molecule has 0 radical (unpaired) electrons. The molecule has 0 aliphatic carbocycles. The molecule has 2 heterocycles. The number of ketones is 1. The zero-order valence-corrected chi connectivity index (χ0v) is 21.5. The van der Waals surface area contributed by atoms with Crippen molar-refractivity contribution in [2.75, 3.05) is 11.5 Å². The van der Waals surface area contributed by atoms with Gasteiger partial charge in [-0.3, -0.25) is 14.5 Å². The standard InChI is InChI=1S/C28H26N2O6S/c1-5-15-35-27(34)25-17(4)29-28(37-25)30-22(18-9-7-6-8-10-18)21(24(32)26(30)33)23(31)19-11-13-20(14-12-19)36-16(2)3/h5-14,16,22,31H,1,15H2,2-4H3/b23-21+. The Morgan fingerprint density at radius 3 is 2.46 bits per heavy atom. The maximum absolute atomic E-state index is 13.3. The van der Waals surface area contributed by atoms with E-state index in [0.717, 1.165) is 11.3 Å². The van der Waals surface area contributed by atoms with E-state index in [0.29, 0.717) is 22.6 Å². The number of Topliss-reactive ketones (excluding diaryl/α,β-unsaturated/α-hetero) is 1. The quantitative estimate of drug-likeness (QED) is 0.143. The number of ether oxygens (including phenoxy) is 2. The average molecular weight is 519 g/mol. The van der Waals surface area contributed by atoms with Gasteiger partial charge in [0.05, 0.1) is 23.4 Å². The third-order valence-electron chi connectivity index (χ3n) is 5.57. The number of hydrogen-bond acceptors (Lipinski definition) is 8. The molecule has 1 fully saturated rings. The Kier molecular flexibility index (Phi) is 7.54. The first kappa shape index (κ1) is 25.8. The molecule has 2 aromatic carbocycles. The number of esters is 1. The molecule has 1 saturated heterocycles. The molecule has 1 atom stereocenters. The van der Waals surface area contributed by atoms with Gasteiger partial charge in [-0.1, -0.05) is 54.3 Å². The van der Waals surface area contributed by atoms with E-state index in [1.165, 1.54) is 11.0 Å². The number of amides is 1. The number of aliphatic hydroxyl groups excluding tert-OH is 1. The van der Waals surface area contributed by atoms with Crippen LogP contribution in [-0.4, -0.2) is 40.5 Å². The summed E-state index contributed by atoms with van der Waals surface area (Å²) in [7, 11) is 0. The summed E-state index contributed by atoms with van der Waals surface area (Å²) < 4.78 is 10.8. The van der Waals surface area contributed by atoms with Gasteiger partial charge >= 0.3 is 11.9 Å². The second-order valence-electron chi connectivity index (χ2n) is 8.57. The number of aromatic nitrogens is 1. The van der Waals surface area contributed by atoms with Gasteiger partial charge in [-0.25, -0.2) is 9.78 Å². The third kappa shape index (κ3) is 5.17. The second-order valence-corrected chi connectivity index (χ2v) is 9.55. The van der Waals surface area contributed by atoms with E-state index in [1.807, 2.05) is 19.9 Å². The normalized spacial score (nSPS) is 16.8. The molecular formula is C28H26N2O6S. The first-order valence-electron chi connectivity index (χ1n) is 11.6. The highest BCUT2D eigenvalue weighted by atomic mass is 32.1. The number of carbonyl (C=O) groups is 3. The summed E-state index contributed by atoms with van der Waals surface area (Å²) in [6.45, 7) is 8.99. The lowest BCUT2D eigenvalue weighted by atomic mass is 9.95. The lowest BCUT2D eigenvalue weighted by Gasteiger charge is -2.23. The van der Waals surface area contributed by atoms with Crippen LogP contribution in [-0.2, 0) is 14.3 Å². The minimum absolute atomic E-state index is 0.0245. The Morgan fingerprint density at radius 1 is 1.16 bits per heavy atom. The molecule has 190 valence electrons. The molecule has 1 aliphatic heterocycles. The van der Waals surface area contributed by atoms with Crippen molar-refractivity contribution in [2.24, 2.45) is 0 Å². The van der Waals surface area contributed by atoms with Crippen molar-refractivity contribution in [2.45, 2.75) is 32.9 Å². The molecule has 0 bridgehead atoms. The van der Waals surface area contributed by atoms with Crippen LogP contribution in [0.2, 0.25) is 0 Å². The van der Waals surface area contributed by atoms with Crippen molar-refractivity contribution in [1.82, 2.24) is 4.98 Å². The molecule has 4 rings (SSSR count). The van der Waals surface area contributed by atoms with E-state index in [4.69, 9.17) is 9.47 Å². The smallest absolute Gasteiger partial charge is 0.350 e. The van der Waals surface area contributed by atoms with Gasteiger partial charge < -0.3 is 14.6 Å². The van der Waals surface area contributed by atoms with Crippen LogP contribution in [0.1, 0.15) is 46.4 Å². The summed E-state index contributed by atoms with van der Waals surface area (Å²) in [6, 6.07) is 14.6. The highest BCUT2D eigenvalue weighted by Crippen LogP contribution is 2.44. The SMILES string of the molecule is C=CCOC(=O)c1sc(N2C(=O)C(=O)/C(=C(/O)c3ccc(OC(C)C)cc3)C2c2ccccc2)nc1C. The number of rotatable bonds is 8. The van der Waals surface area contributed by atoms with Gasteiger partial charge in [0.1, 0.15) is 23.0 Å². The molecule has 0 spiro atoms. The Morgan fingerprint density at radius 2 is 1.84 bits per heavy atom. The Bertz CT molecular complexity index is 1380. The van der Waals surface area contributed by atoms with E-state index in [1.54, 1.807) is 55.5 Å². The van der Waals surface area contributed by atoms with Crippen LogP contribution >= 0.6 is 11.3 Å². The number of anilines is 1. The molecule has 1 aliphatic rings. The lowest BCUT2D eigenvalue weighted by molar-refractivity contribution is -0.132. The van der Waals surface area contributed by atoms with Crippen molar-refractivity contribution in [3.05, 3.63) is 94.5 Å². The predicted octanol–water partition coefficient (Wildman–Crippen LogP) is 5.21. The Labute approximate surface area is 218 Å². The summed E-state index contributed by atoms with van der Waals surface area (Å²) in [5, 5.41) is 11.4. The van der Waals surface area contributed by atoms with Crippen LogP contribution in [0, 0.1) is 6.92 Å². The molecule has 8 nitrogen and oxygen atoms in total. The first-order valence-corrected chi connectivity index (χ1v) is 12.4. The van der Waals surface area contributed by atoms with Gasteiger partial charge in [0, 0.05) is 5.56 Å². The summed E-state index contributed by atoms with van der Waals surface area (Å²) in [5.41, 5.74) is 1.26. The van der Waals surface area contributed by atoms with Crippen LogP contribution in [0.15, 0.2) is 72.8 Å². The lowest BCUT2D eigenvalue weighted by Crippen LogP contribution is -2.29. The minimum Gasteiger partial charge on any atom is -0.507 e. The molecule has 3 aromatic rings. The predicted molar refractivity (Wildman–Crippen MR) is 141 cm³/mol. The molecule has 1 unspecified atom stereocenters. The number of hydrogen-bond donors (Lipinski definition) is 1. The van der Waals surface area contributed by atoms with Crippen molar-refractivity contribution in [1.29, 1.82) is 0 Å². The fourth-order valence-electron chi connectivity index (χ4n) is 3.97. The van der Waals surface area contributed by atoms with Gasteiger partial charge in [-0.05, 0) is 50.6 Å². The number of carbonyl (C=O) groups excluding carboxylic acids is 3. The van der Waals surface area contributed by atoms with E-state index in [2.05, 4.69) is 11.6 Å². The minimum atomic E-state index is -0.949. The highest BCUT2D eigenvalue weighted by molar-refractivity contribution is 7.17. The van der Waals surface area contributed by atoms with Crippen LogP contribution in [0.25, 0.3) is 5.76 Å². The van der Waals surface area contributed by atoms with E-state index >= 15 is 0 Å². The Balaban J connectivity index is 1.82. The van der Waals surface area contributed by atoms with Gasteiger partial charge in [0.2, 0.25) is 0 Å². The first-order chi connectivity index (χ1) is 17.7. The summed E-state index contributed by atoms with van der Waals surface area (Å²) in [6.07, 6.45) is 1.42. The zero-order valence-electron chi connectivity index (χ0n) is 20.6. The number of aliphatic hydroxyl groups is 1. The number of benzene rings is 2.